The Morgan fingerprint density at radius 3 is 2.40 bits per heavy atom. The number of methoxy groups -OCH3 is 2. The Labute approximate surface area is 170 Å². The van der Waals surface area contributed by atoms with Crippen molar-refractivity contribution in [2.24, 2.45) is 0 Å². The van der Waals surface area contributed by atoms with E-state index in [0.29, 0.717) is 5.65 Å². The largest absolute Gasteiger partial charge is 0.493 e. The van der Waals surface area contributed by atoms with Crippen LogP contribution in [-0.4, -0.2) is 44.5 Å². The van der Waals surface area contributed by atoms with E-state index in [1.165, 1.54) is 26.5 Å². The molecule has 0 radical (unpaired) electrons. The molecule has 1 aromatic carbocycles. The minimum absolute atomic E-state index is 0.0931. The number of ether oxygens (including phenoxy) is 2. The van der Waals surface area contributed by atoms with Crippen LogP contribution in [-0.2, 0) is 5.54 Å². The van der Waals surface area contributed by atoms with Gasteiger partial charge in [0.15, 0.2) is 17.1 Å². The van der Waals surface area contributed by atoms with Crippen LogP contribution in [0.25, 0.3) is 11.0 Å². The zero-order valence-corrected chi connectivity index (χ0v) is 17.0. The third-order valence-corrected chi connectivity index (χ3v) is 4.29. The lowest BCUT2D eigenvalue weighted by Crippen LogP contribution is -2.34. The summed E-state index contributed by atoms with van der Waals surface area (Å²) in [6, 6.07) is 2.24. The number of nitro benzene ring substituents is 1. The van der Waals surface area contributed by atoms with Gasteiger partial charge >= 0.3 is 0 Å². The highest BCUT2D eigenvalue weighted by Gasteiger charge is 2.26. The van der Waals surface area contributed by atoms with Crippen LogP contribution in [0.15, 0.2) is 29.5 Å². The molecule has 0 aliphatic rings. The number of benzene rings is 1. The molecule has 158 valence electrons. The molecule has 1 N–H and O–H groups in total. The van der Waals surface area contributed by atoms with Crippen molar-refractivity contribution in [1.82, 2.24) is 19.4 Å². The number of rotatable bonds is 5. The summed E-state index contributed by atoms with van der Waals surface area (Å²) >= 11 is 0. The highest BCUT2D eigenvalue weighted by atomic mass is 16.6. The van der Waals surface area contributed by atoms with Crippen LogP contribution in [0.4, 0.5) is 5.69 Å². The van der Waals surface area contributed by atoms with E-state index in [4.69, 9.17) is 9.47 Å². The van der Waals surface area contributed by atoms with Crippen LogP contribution in [0, 0.1) is 10.1 Å². The lowest BCUT2D eigenvalue weighted by Gasteiger charge is -2.19. The minimum Gasteiger partial charge on any atom is -0.493 e. The summed E-state index contributed by atoms with van der Waals surface area (Å²) in [5.41, 5.74) is 0.873. The maximum absolute atomic E-state index is 12.8. The van der Waals surface area contributed by atoms with Crippen molar-refractivity contribution in [3.63, 3.8) is 0 Å². The third-order valence-electron chi connectivity index (χ3n) is 4.29. The number of aromatic nitrogens is 4. The molecule has 2 heterocycles. The predicted octanol–water partition coefficient (Wildman–Crippen LogP) is 1.66. The van der Waals surface area contributed by atoms with Crippen LogP contribution in [0.5, 0.6) is 11.5 Å². The lowest BCUT2D eigenvalue weighted by atomic mass is 10.1. The van der Waals surface area contributed by atoms with Crippen molar-refractivity contribution < 1.29 is 19.2 Å². The molecule has 1 amide bonds. The number of nitrogens with zero attached hydrogens (tertiary/aromatic N) is 5. The Bertz CT molecular complexity index is 1210. The maximum atomic E-state index is 12.8. The quantitative estimate of drug-likeness (QED) is 0.488. The average Bonchev–Trinajstić information content (AvgIpc) is 3.14. The van der Waals surface area contributed by atoms with E-state index in [9.17, 15) is 19.7 Å². The van der Waals surface area contributed by atoms with Gasteiger partial charge in [0.2, 0.25) is 0 Å². The molecule has 0 aliphatic carbocycles. The average molecular weight is 416 g/mol. The molecular formula is C18H20N6O6. The van der Waals surface area contributed by atoms with Gasteiger partial charge in [0.25, 0.3) is 17.2 Å². The molecule has 12 nitrogen and oxygen atoms in total. The van der Waals surface area contributed by atoms with Crippen molar-refractivity contribution in [2.45, 2.75) is 26.3 Å². The zero-order chi connectivity index (χ0) is 22.2. The van der Waals surface area contributed by atoms with Crippen molar-refractivity contribution in [3.8, 4) is 11.5 Å². The number of nitro groups is 1. The number of hydrogen-bond acceptors (Lipinski definition) is 8. The second-order valence-electron chi connectivity index (χ2n) is 7.31. The topological polar surface area (TPSA) is 143 Å². The molecule has 12 heteroatoms. The van der Waals surface area contributed by atoms with E-state index in [-0.39, 0.29) is 22.4 Å². The monoisotopic (exact) mass is 416 g/mol. The van der Waals surface area contributed by atoms with Gasteiger partial charge in [0.1, 0.15) is 17.3 Å². The van der Waals surface area contributed by atoms with Gasteiger partial charge in [-0.1, -0.05) is 0 Å². The summed E-state index contributed by atoms with van der Waals surface area (Å²) in [5, 5.41) is 15.8. The number of fused-ring (bicyclic) bond motifs is 1. The molecule has 0 bridgehead atoms. The second-order valence-corrected chi connectivity index (χ2v) is 7.31. The third kappa shape index (κ3) is 3.54. The van der Waals surface area contributed by atoms with Crippen LogP contribution >= 0.6 is 0 Å². The molecule has 0 spiro atoms. The zero-order valence-electron chi connectivity index (χ0n) is 17.0. The molecule has 0 aliphatic heterocycles. The van der Waals surface area contributed by atoms with Gasteiger partial charge in [-0.25, -0.2) is 14.3 Å². The van der Waals surface area contributed by atoms with E-state index in [1.807, 2.05) is 20.8 Å². The van der Waals surface area contributed by atoms with E-state index >= 15 is 0 Å². The Morgan fingerprint density at radius 2 is 1.83 bits per heavy atom. The van der Waals surface area contributed by atoms with Gasteiger partial charge in [-0.15, -0.1) is 0 Å². The minimum atomic E-state index is -0.894. The molecule has 30 heavy (non-hydrogen) atoms. The van der Waals surface area contributed by atoms with E-state index in [2.05, 4.69) is 15.5 Å². The van der Waals surface area contributed by atoms with Gasteiger partial charge < -0.3 is 9.47 Å². The smallest absolute Gasteiger partial charge is 0.286 e. The number of carbonyl (C=O) groups excluding carboxylic acids is 1. The van der Waals surface area contributed by atoms with Crippen LogP contribution in [0.3, 0.4) is 0 Å². The fourth-order valence-corrected chi connectivity index (χ4v) is 2.85. The molecule has 0 saturated carbocycles. The molecular weight excluding hydrogens is 396 g/mol. The summed E-state index contributed by atoms with van der Waals surface area (Å²) in [6.45, 7) is 5.72. The Morgan fingerprint density at radius 1 is 1.20 bits per heavy atom. The highest BCUT2D eigenvalue weighted by Crippen LogP contribution is 2.34. The molecule has 3 aromatic rings. The maximum Gasteiger partial charge on any atom is 0.286 e. The normalized spacial score (nSPS) is 11.4. The van der Waals surface area contributed by atoms with Crippen molar-refractivity contribution in [2.75, 3.05) is 19.6 Å². The van der Waals surface area contributed by atoms with Crippen molar-refractivity contribution in [1.29, 1.82) is 0 Å². The van der Waals surface area contributed by atoms with E-state index in [0.717, 1.165) is 17.1 Å². The first-order chi connectivity index (χ1) is 14.1. The van der Waals surface area contributed by atoms with Crippen molar-refractivity contribution in [3.05, 3.63) is 50.7 Å². The van der Waals surface area contributed by atoms with Gasteiger partial charge in [-0.05, 0) is 20.8 Å². The first kappa shape index (κ1) is 20.8. The van der Waals surface area contributed by atoms with Gasteiger partial charge in [0.05, 0.1) is 36.9 Å². The number of hydrogen-bond donors (Lipinski definition) is 1. The summed E-state index contributed by atoms with van der Waals surface area (Å²) in [6.07, 6.45) is 2.48. The molecule has 0 unspecified atom stereocenters. The SMILES string of the molecule is COc1cc(C(=O)Nn2cnc3c(cnn3C(C)(C)C)c2=O)c([N+](=O)[O-])cc1OC. The highest BCUT2D eigenvalue weighted by molar-refractivity contribution is 6.04. The Balaban J connectivity index is 2.04. The van der Waals surface area contributed by atoms with Gasteiger partial charge in [0, 0.05) is 6.07 Å². The number of amides is 1. The Kier molecular flexibility index (Phi) is 5.16. The fourth-order valence-electron chi connectivity index (χ4n) is 2.85. The second kappa shape index (κ2) is 7.46. The summed E-state index contributed by atoms with van der Waals surface area (Å²) < 4.78 is 12.6. The van der Waals surface area contributed by atoms with E-state index < -0.39 is 27.6 Å². The number of carbonyl (C=O) groups is 1. The lowest BCUT2D eigenvalue weighted by molar-refractivity contribution is -0.385. The first-order valence-electron chi connectivity index (χ1n) is 8.76. The molecule has 0 fully saturated rings. The Hall–Kier alpha value is -3.96. The number of nitrogens with one attached hydrogen (secondary N) is 1. The standard InChI is InChI=1S/C18H20N6O6/c1-18(2,3)23-15-11(8-20-23)17(26)22(9-19-15)21-16(25)10-6-13(29-4)14(30-5)7-12(10)24(27)28/h6-9H,1-5H3,(H,21,25). The molecule has 2 aromatic heterocycles. The first-order valence-corrected chi connectivity index (χ1v) is 8.76. The molecule has 3 rings (SSSR count). The van der Waals surface area contributed by atoms with Crippen LogP contribution < -0.4 is 20.5 Å². The van der Waals surface area contributed by atoms with Gasteiger partial charge in [-0.2, -0.15) is 5.10 Å². The summed E-state index contributed by atoms with van der Waals surface area (Å²) in [4.78, 5) is 40.4. The molecule has 0 atom stereocenters. The van der Waals surface area contributed by atoms with Crippen molar-refractivity contribution >= 4 is 22.6 Å². The van der Waals surface area contributed by atoms with Gasteiger partial charge in [-0.3, -0.25) is 25.1 Å². The fraction of sp³-hybridized carbons (Fsp3) is 0.333. The predicted molar refractivity (Wildman–Crippen MR) is 107 cm³/mol. The van der Waals surface area contributed by atoms with Crippen LogP contribution in [0.1, 0.15) is 31.1 Å². The van der Waals surface area contributed by atoms with Crippen LogP contribution in [0.2, 0.25) is 0 Å². The summed E-state index contributed by atoms with van der Waals surface area (Å²) in [5.74, 6) is -0.676. The van der Waals surface area contributed by atoms with E-state index in [1.54, 1.807) is 4.68 Å². The molecule has 0 saturated heterocycles. The summed E-state index contributed by atoms with van der Waals surface area (Å²) in [7, 11) is 2.65.